The largest absolute Gasteiger partial charge is 0.495 e. The van der Waals surface area contributed by atoms with Gasteiger partial charge in [-0.05, 0) is 43.2 Å². The maximum absolute atomic E-state index is 12.4. The van der Waals surface area contributed by atoms with Gasteiger partial charge >= 0.3 is 0 Å². The Morgan fingerprint density at radius 3 is 2.42 bits per heavy atom. The smallest absolute Gasteiger partial charge is 0.244 e. The SMILES string of the molecule is COc1ccc(Cl)cc1S(=O)(=O)NCCOc1c(C)cccc1C. The van der Waals surface area contributed by atoms with Crippen molar-refractivity contribution in [3.8, 4) is 11.5 Å². The number of halogens is 1. The van der Waals surface area contributed by atoms with Crippen LogP contribution < -0.4 is 14.2 Å². The van der Waals surface area contributed by atoms with Gasteiger partial charge in [0.2, 0.25) is 10.0 Å². The van der Waals surface area contributed by atoms with Crippen molar-refractivity contribution in [3.63, 3.8) is 0 Å². The first-order valence-corrected chi connectivity index (χ1v) is 9.23. The second kappa shape index (κ2) is 7.88. The molecule has 0 saturated carbocycles. The molecule has 24 heavy (non-hydrogen) atoms. The van der Waals surface area contributed by atoms with Crippen LogP contribution in [-0.4, -0.2) is 28.7 Å². The number of methoxy groups -OCH3 is 1. The summed E-state index contributed by atoms with van der Waals surface area (Å²) in [6.45, 7) is 4.24. The summed E-state index contributed by atoms with van der Waals surface area (Å²) in [5.74, 6) is 1.01. The standard InChI is InChI=1S/C17H20ClNO4S/c1-12-5-4-6-13(2)17(12)23-10-9-19-24(20,21)16-11-14(18)7-8-15(16)22-3/h4-8,11,19H,9-10H2,1-3H3. The number of hydrogen-bond donors (Lipinski definition) is 1. The van der Waals surface area contributed by atoms with Crippen molar-refractivity contribution in [1.29, 1.82) is 0 Å². The van der Waals surface area contributed by atoms with Crippen LogP contribution in [0, 0.1) is 13.8 Å². The van der Waals surface area contributed by atoms with Gasteiger partial charge in [0.05, 0.1) is 7.11 Å². The van der Waals surface area contributed by atoms with E-state index in [1.54, 1.807) is 6.07 Å². The molecule has 0 fully saturated rings. The zero-order valence-corrected chi connectivity index (χ0v) is 15.4. The molecule has 2 rings (SSSR count). The maximum atomic E-state index is 12.4. The second-order valence-corrected chi connectivity index (χ2v) is 7.43. The first-order chi connectivity index (χ1) is 11.3. The van der Waals surface area contributed by atoms with Crippen LogP contribution in [0.25, 0.3) is 0 Å². The first kappa shape index (κ1) is 18.6. The van der Waals surface area contributed by atoms with E-state index < -0.39 is 10.0 Å². The minimum atomic E-state index is -3.74. The second-order valence-electron chi connectivity index (χ2n) is 5.26. The van der Waals surface area contributed by atoms with Crippen molar-refractivity contribution >= 4 is 21.6 Å². The minimum Gasteiger partial charge on any atom is -0.495 e. The topological polar surface area (TPSA) is 64.6 Å². The van der Waals surface area contributed by atoms with Gasteiger partial charge in [-0.2, -0.15) is 0 Å². The van der Waals surface area contributed by atoms with Crippen molar-refractivity contribution in [2.45, 2.75) is 18.7 Å². The Balaban J connectivity index is 2.02. The third kappa shape index (κ3) is 4.41. The Hall–Kier alpha value is -1.76. The lowest BCUT2D eigenvalue weighted by atomic mass is 10.1. The highest BCUT2D eigenvalue weighted by atomic mass is 35.5. The molecule has 0 radical (unpaired) electrons. The fraction of sp³-hybridized carbons (Fsp3) is 0.294. The molecule has 0 spiro atoms. The first-order valence-electron chi connectivity index (χ1n) is 7.37. The Morgan fingerprint density at radius 2 is 1.79 bits per heavy atom. The Kier molecular flexibility index (Phi) is 6.10. The van der Waals surface area contributed by atoms with E-state index in [1.807, 2.05) is 32.0 Å². The summed E-state index contributed by atoms with van der Waals surface area (Å²) in [5.41, 5.74) is 2.02. The van der Waals surface area contributed by atoms with Crippen molar-refractivity contribution < 1.29 is 17.9 Å². The number of aryl methyl sites for hydroxylation is 2. The van der Waals surface area contributed by atoms with Gasteiger partial charge in [0.15, 0.2) is 0 Å². The Labute approximate surface area is 147 Å². The predicted octanol–water partition coefficient (Wildman–Crippen LogP) is 3.32. The highest BCUT2D eigenvalue weighted by Gasteiger charge is 2.19. The van der Waals surface area contributed by atoms with Gasteiger partial charge in [0.25, 0.3) is 0 Å². The number of para-hydroxylation sites is 1. The molecule has 0 aliphatic rings. The van der Waals surface area contributed by atoms with E-state index in [0.717, 1.165) is 16.9 Å². The average molecular weight is 370 g/mol. The summed E-state index contributed by atoms with van der Waals surface area (Å²) in [4.78, 5) is 0.00423. The molecule has 0 heterocycles. The molecule has 7 heteroatoms. The fourth-order valence-corrected chi connectivity index (χ4v) is 3.74. The fourth-order valence-electron chi connectivity index (χ4n) is 2.29. The number of sulfonamides is 1. The van der Waals surface area contributed by atoms with E-state index >= 15 is 0 Å². The molecule has 0 saturated heterocycles. The maximum Gasteiger partial charge on any atom is 0.244 e. The molecule has 0 aromatic heterocycles. The molecule has 1 N–H and O–H groups in total. The van der Waals surface area contributed by atoms with Crippen LogP contribution in [0.15, 0.2) is 41.3 Å². The van der Waals surface area contributed by atoms with Crippen molar-refractivity contribution in [2.24, 2.45) is 0 Å². The summed E-state index contributed by atoms with van der Waals surface area (Å²) in [7, 11) is -2.33. The van der Waals surface area contributed by atoms with Crippen molar-refractivity contribution in [1.82, 2.24) is 4.72 Å². The lowest BCUT2D eigenvalue weighted by Gasteiger charge is -2.13. The third-order valence-corrected chi connectivity index (χ3v) is 5.18. The quantitative estimate of drug-likeness (QED) is 0.760. The van der Waals surface area contributed by atoms with E-state index in [4.69, 9.17) is 21.1 Å². The summed E-state index contributed by atoms with van der Waals surface area (Å²) < 4.78 is 38.1. The summed E-state index contributed by atoms with van der Waals surface area (Å²) in [6.07, 6.45) is 0. The van der Waals surface area contributed by atoms with Crippen molar-refractivity contribution in [3.05, 3.63) is 52.5 Å². The van der Waals surface area contributed by atoms with Crippen LogP contribution in [0.4, 0.5) is 0 Å². The minimum absolute atomic E-state index is 0.00423. The predicted molar refractivity (Wildman–Crippen MR) is 94.6 cm³/mol. The molecule has 0 unspecified atom stereocenters. The van der Waals surface area contributed by atoms with E-state index in [2.05, 4.69) is 4.72 Å². The molecule has 0 atom stereocenters. The van der Waals surface area contributed by atoms with Gasteiger partial charge in [0, 0.05) is 11.6 Å². The average Bonchev–Trinajstić information content (AvgIpc) is 2.53. The van der Waals surface area contributed by atoms with Gasteiger partial charge in [0.1, 0.15) is 23.0 Å². The Morgan fingerprint density at radius 1 is 1.12 bits per heavy atom. The molecule has 2 aromatic carbocycles. The number of hydrogen-bond acceptors (Lipinski definition) is 4. The van der Waals surface area contributed by atoms with Crippen molar-refractivity contribution in [2.75, 3.05) is 20.3 Å². The van der Waals surface area contributed by atoms with Gasteiger partial charge in [-0.15, -0.1) is 0 Å². The van der Waals surface area contributed by atoms with E-state index in [-0.39, 0.29) is 23.8 Å². The summed E-state index contributed by atoms with van der Waals surface area (Å²) in [6, 6.07) is 10.3. The molecule has 0 amide bonds. The van der Waals surface area contributed by atoms with Crippen LogP contribution in [0.3, 0.4) is 0 Å². The summed E-state index contributed by atoms with van der Waals surface area (Å²) in [5, 5.41) is 0.322. The summed E-state index contributed by atoms with van der Waals surface area (Å²) >= 11 is 5.88. The number of nitrogens with one attached hydrogen (secondary N) is 1. The van der Waals surface area contributed by atoms with E-state index in [9.17, 15) is 8.42 Å². The lowest BCUT2D eigenvalue weighted by molar-refractivity contribution is 0.318. The molecular formula is C17H20ClNO4S. The van der Waals surface area contributed by atoms with Crippen LogP contribution >= 0.6 is 11.6 Å². The highest BCUT2D eigenvalue weighted by molar-refractivity contribution is 7.89. The molecule has 0 aliphatic heterocycles. The van der Waals surface area contributed by atoms with Gasteiger partial charge in [-0.3, -0.25) is 0 Å². The van der Waals surface area contributed by atoms with Gasteiger partial charge < -0.3 is 9.47 Å². The zero-order chi connectivity index (χ0) is 17.7. The molecule has 0 bridgehead atoms. The number of ether oxygens (including phenoxy) is 2. The lowest BCUT2D eigenvalue weighted by Crippen LogP contribution is -2.28. The highest BCUT2D eigenvalue weighted by Crippen LogP contribution is 2.27. The monoisotopic (exact) mass is 369 g/mol. The number of benzene rings is 2. The normalized spacial score (nSPS) is 11.3. The molecular weight excluding hydrogens is 350 g/mol. The third-order valence-electron chi connectivity index (χ3n) is 3.46. The molecule has 2 aromatic rings. The number of rotatable bonds is 7. The molecule has 0 aliphatic carbocycles. The van der Waals surface area contributed by atoms with Crippen LogP contribution in [-0.2, 0) is 10.0 Å². The van der Waals surface area contributed by atoms with E-state index in [1.165, 1.54) is 19.2 Å². The van der Waals surface area contributed by atoms with Gasteiger partial charge in [-0.25, -0.2) is 13.1 Å². The molecule has 5 nitrogen and oxygen atoms in total. The zero-order valence-electron chi connectivity index (χ0n) is 13.8. The van der Waals surface area contributed by atoms with E-state index in [0.29, 0.717) is 5.02 Å². The van der Waals surface area contributed by atoms with Gasteiger partial charge in [-0.1, -0.05) is 29.8 Å². The van der Waals surface area contributed by atoms with Crippen LogP contribution in [0.5, 0.6) is 11.5 Å². The van der Waals surface area contributed by atoms with Crippen LogP contribution in [0.1, 0.15) is 11.1 Å². The van der Waals surface area contributed by atoms with Crippen LogP contribution in [0.2, 0.25) is 5.02 Å². The molecule has 130 valence electrons. The Bertz CT molecular complexity index is 801.